The van der Waals surface area contributed by atoms with Gasteiger partial charge in [0, 0.05) is 22.5 Å². The number of rotatable bonds is 24. The van der Waals surface area contributed by atoms with Gasteiger partial charge in [-0.2, -0.15) is 14.9 Å². The van der Waals surface area contributed by atoms with Gasteiger partial charge >= 0.3 is 16.9 Å². The van der Waals surface area contributed by atoms with E-state index in [9.17, 15) is 29.1 Å². The number of nitrogens with one attached hydrogen (secondary N) is 3. The molecule has 6 heterocycles. The van der Waals surface area contributed by atoms with Crippen LogP contribution in [0.2, 0.25) is 0 Å². The number of ether oxygens (including phenoxy) is 5. The molecule has 83 heavy (non-hydrogen) atoms. The Morgan fingerprint density at radius 3 is 2.20 bits per heavy atom. The lowest BCUT2D eigenvalue weighted by Crippen LogP contribution is -2.39. The summed E-state index contributed by atoms with van der Waals surface area (Å²) in [5.74, 6) is -0.405. The Bertz CT molecular complexity index is 3630. The van der Waals surface area contributed by atoms with Crippen molar-refractivity contribution >= 4 is 62.8 Å². The Kier molecular flexibility index (Phi) is 18.2. The molecule has 0 bridgehead atoms. The fourth-order valence-electron chi connectivity index (χ4n) is 9.45. The number of halogens is 1. The van der Waals surface area contributed by atoms with Gasteiger partial charge in [-0.1, -0.05) is 91.9 Å². The van der Waals surface area contributed by atoms with Gasteiger partial charge < -0.3 is 42.6 Å². The number of methoxy groups -OCH3 is 2. The lowest BCUT2D eigenvalue weighted by atomic mass is 9.80. The van der Waals surface area contributed by atoms with E-state index in [0.29, 0.717) is 33.8 Å². The van der Waals surface area contributed by atoms with Gasteiger partial charge in [0.05, 0.1) is 59.0 Å². The molecule has 2 fully saturated rings. The Morgan fingerprint density at radius 2 is 1.55 bits per heavy atom. The second kappa shape index (κ2) is 26.0. The van der Waals surface area contributed by atoms with Gasteiger partial charge in [0.1, 0.15) is 35.6 Å². The number of aromatic amines is 1. The molecule has 0 aliphatic carbocycles. The zero-order valence-corrected chi connectivity index (χ0v) is 46.5. The number of hydrogen-bond acceptors (Lipinski definition) is 20. The number of carbonyl (C=O) groups is 2. The van der Waals surface area contributed by atoms with Crippen molar-refractivity contribution in [1.82, 2.24) is 44.5 Å². The van der Waals surface area contributed by atoms with Gasteiger partial charge in [-0.3, -0.25) is 29.3 Å². The van der Waals surface area contributed by atoms with Gasteiger partial charge in [-0.05, 0) is 53.1 Å². The summed E-state index contributed by atoms with van der Waals surface area (Å²) in [6.07, 6.45) is -7.86. The first kappa shape index (κ1) is 58.1. The number of amides is 2. The minimum Gasteiger partial charge on any atom is -0.497 e. The molecule has 0 spiro atoms. The summed E-state index contributed by atoms with van der Waals surface area (Å²) >= 11 is 0. The summed E-state index contributed by atoms with van der Waals surface area (Å²) in [5, 5.41) is 23.4. The van der Waals surface area contributed by atoms with Crippen LogP contribution >= 0.6 is 16.9 Å². The molecule has 2 amide bonds. The highest BCUT2D eigenvalue weighted by molar-refractivity contribution is 7.41. The molecule has 2 unspecified atom stereocenters. The second-order valence-electron chi connectivity index (χ2n) is 19.1. The molecule has 10 rings (SSSR count). The van der Waals surface area contributed by atoms with E-state index in [-0.39, 0.29) is 66.8 Å². The summed E-state index contributed by atoms with van der Waals surface area (Å²) in [6, 6.07) is 34.4. The van der Waals surface area contributed by atoms with E-state index in [1.165, 1.54) is 10.9 Å². The SMILES string of the molecule is COc1ccc(C(OC[C@H]2O[C@@H](n3nnc4c(NC(=O)c5ccccc5)ncnc43)[C@@H](F)[C@@H]2OP(OCCC#N)OC[C@@H]2C[C@H](O[P+](=O)O)[C@H](n3cnc4c(=O)[nH]c(NC(=O)C(C)C)nc43)O2)(c2ccccc2)c2ccc(OC)cc2)cc1. The molecule has 4 N–H and O–H groups in total. The van der Waals surface area contributed by atoms with Crippen molar-refractivity contribution in [3.05, 3.63) is 154 Å². The van der Waals surface area contributed by atoms with Crippen LogP contribution in [-0.2, 0) is 47.3 Å². The maximum atomic E-state index is 18.0. The maximum Gasteiger partial charge on any atom is 0.695 e. The molecule has 2 aliphatic heterocycles. The van der Waals surface area contributed by atoms with Crippen molar-refractivity contribution in [2.45, 2.75) is 75.3 Å². The number of aromatic nitrogens is 9. The maximum absolute atomic E-state index is 18.0. The molecule has 0 radical (unpaired) electrons. The Morgan fingerprint density at radius 1 is 0.880 bits per heavy atom. The molecule has 0 saturated carbocycles. The van der Waals surface area contributed by atoms with Crippen molar-refractivity contribution in [3.8, 4) is 17.6 Å². The van der Waals surface area contributed by atoms with Crippen LogP contribution in [-0.4, -0.2) is 126 Å². The quantitative estimate of drug-likeness (QED) is 0.0261. The summed E-state index contributed by atoms with van der Waals surface area (Å²) in [6.45, 7) is 2.33. The first-order chi connectivity index (χ1) is 40.3. The van der Waals surface area contributed by atoms with Crippen LogP contribution in [0.1, 0.15) is 66.2 Å². The molecule has 4 aromatic carbocycles. The monoisotopic (exact) mass is 1180 g/mol. The van der Waals surface area contributed by atoms with Crippen LogP contribution in [0.5, 0.6) is 11.5 Å². The standard InChI is InChI=1S/C54H53FN12O14P2/c1-31(2)48(68)62-53-61-47-43(50(70)63-53)59-30-66(47)51-39(80-82(71)72)26-38(78-51)27-77-83(76-25-11-24-56)81-44-40(79-52(41(44)55)67-46-42(64-65-67)45(57-29-58-46)60-49(69)32-12-7-5-8-13-32)28-75-54(33-14-9-6-10-15-33,34-16-20-36(73-3)21-17-34)35-18-22-37(74-4)23-19-35/h5-10,12-23,29-31,38-41,44,51-52H,11,25-28H2,1-4H3,(H3-,57,58,60,61,62,63,65,68,69,70,71,72)/p+1/t38-,39-,40+,41-,44+,51+,52+,83?/m0/s1. The molecule has 4 aromatic heterocycles. The minimum absolute atomic E-state index is 0.00782. The first-order valence-electron chi connectivity index (χ1n) is 25.8. The molecular formula is C54H54FN12O14P2+. The van der Waals surface area contributed by atoms with Crippen LogP contribution in [0.15, 0.2) is 127 Å². The van der Waals surface area contributed by atoms with E-state index < -0.39 is 88.8 Å². The number of hydrogen-bond donors (Lipinski definition) is 4. The van der Waals surface area contributed by atoms with Gasteiger partial charge in [-0.25, -0.2) is 19.3 Å². The minimum atomic E-state index is -3.21. The van der Waals surface area contributed by atoms with Crippen LogP contribution in [0.25, 0.3) is 22.3 Å². The number of benzene rings is 4. The predicted molar refractivity (Wildman–Crippen MR) is 293 cm³/mol. The topological polar surface area (TPSA) is 322 Å². The van der Waals surface area contributed by atoms with Crippen LogP contribution in [0, 0.1) is 17.2 Å². The average molecular weight is 1180 g/mol. The zero-order valence-electron chi connectivity index (χ0n) is 44.8. The Hall–Kier alpha value is -8.12. The number of imidazole rings is 1. The number of nitriles is 1. The van der Waals surface area contributed by atoms with Crippen LogP contribution in [0.3, 0.4) is 0 Å². The van der Waals surface area contributed by atoms with Crippen molar-refractivity contribution in [2.75, 3.05) is 44.7 Å². The van der Waals surface area contributed by atoms with Gasteiger partial charge in [-0.15, -0.1) is 14.5 Å². The normalized spacial score (nSPS) is 20.3. The fourth-order valence-corrected chi connectivity index (χ4v) is 11.0. The zero-order chi connectivity index (χ0) is 58.2. The highest BCUT2D eigenvalue weighted by atomic mass is 31.2. The third-order valence-corrected chi connectivity index (χ3v) is 15.1. The number of anilines is 2. The molecule has 26 nitrogen and oxygen atoms in total. The Labute approximate surface area is 474 Å². The summed E-state index contributed by atoms with van der Waals surface area (Å²) in [4.78, 5) is 68.6. The molecule has 2 saturated heterocycles. The molecule has 8 aromatic rings. The highest BCUT2D eigenvalue weighted by Crippen LogP contribution is 2.50. The van der Waals surface area contributed by atoms with Crippen molar-refractivity contribution < 1.29 is 65.2 Å². The van der Waals surface area contributed by atoms with Gasteiger partial charge in [0.2, 0.25) is 11.9 Å². The molecular weight excluding hydrogens is 1120 g/mol. The summed E-state index contributed by atoms with van der Waals surface area (Å²) < 4.78 is 88.3. The highest BCUT2D eigenvalue weighted by Gasteiger charge is 2.52. The average Bonchev–Trinajstić information content (AvgIpc) is 3.21. The van der Waals surface area contributed by atoms with E-state index in [1.807, 2.05) is 60.7 Å². The largest absolute Gasteiger partial charge is 0.695 e. The lowest BCUT2D eigenvalue weighted by molar-refractivity contribution is -0.118. The molecule has 430 valence electrons. The van der Waals surface area contributed by atoms with Crippen molar-refractivity contribution in [1.29, 1.82) is 5.26 Å². The Balaban J connectivity index is 0.985. The number of alkyl halides is 1. The number of nitrogens with zero attached hydrogens (tertiary/aromatic N) is 9. The van der Waals surface area contributed by atoms with Crippen LogP contribution in [0.4, 0.5) is 16.2 Å². The fraction of sp³-hybridized carbons (Fsp3) is 0.333. The third kappa shape index (κ3) is 12.6. The summed E-state index contributed by atoms with van der Waals surface area (Å²) in [5.41, 5.74) is 0.0541. The van der Waals surface area contributed by atoms with E-state index in [2.05, 4.69) is 45.9 Å². The second-order valence-corrected chi connectivity index (χ2v) is 20.9. The van der Waals surface area contributed by atoms with E-state index >= 15 is 4.39 Å². The van der Waals surface area contributed by atoms with Crippen molar-refractivity contribution in [2.24, 2.45) is 5.92 Å². The third-order valence-electron chi connectivity index (χ3n) is 13.5. The van der Waals surface area contributed by atoms with E-state index in [0.717, 1.165) is 11.0 Å². The van der Waals surface area contributed by atoms with Gasteiger partial charge in [0.25, 0.3) is 11.5 Å². The molecule has 29 heteroatoms. The number of fused-ring (bicyclic) bond motifs is 2. The summed E-state index contributed by atoms with van der Waals surface area (Å²) in [7, 11) is -2.75. The first-order valence-corrected chi connectivity index (χ1v) is 28.1. The molecule has 2 aliphatic rings. The predicted octanol–water partition coefficient (Wildman–Crippen LogP) is 7.34. The van der Waals surface area contributed by atoms with E-state index in [1.54, 1.807) is 82.7 Å². The lowest BCUT2D eigenvalue weighted by Gasteiger charge is -2.37. The van der Waals surface area contributed by atoms with E-state index in [4.69, 9.17) is 41.8 Å². The smallest absolute Gasteiger partial charge is 0.497 e. The number of carbonyl (C=O) groups excluding carboxylic acids is 2. The number of H-pyrrole nitrogens is 1. The van der Waals surface area contributed by atoms with Crippen molar-refractivity contribution in [3.63, 3.8) is 0 Å². The van der Waals surface area contributed by atoms with Gasteiger partial charge in [0.15, 0.2) is 52.9 Å². The molecule has 9 atom stereocenters. The van der Waals surface area contributed by atoms with Crippen LogP contribution < -0.4 is 25.7 Å².